The lowest BCUT2D eigenvalue weighted by Gasteiger charge is -2.09. The smallest absolute Gasteiger partial charge is 0.267 e. The summed E-state index contributed by atoms with van der Waals surface area (Å²) in [7, 11) is -4.06. The van der Waals surface area contributed by atoms with Crippen molar-refractivity contribution in [3.8, 4) is 0 Å². The van der Waals surface area contributed by atoms with Crippen LogP contribution < -0.4 is 0 Å². The van der Waals surface area contributed by atoms with Crippen molar-refractivity contribution >= 4 is 32.7 Å². The van der Waals surface area contributed by atoms with E-state index in [-0.39, 0.29) is 6.42 Å². The van der Waals surface area contributed by atoms with Crippen molar-refractivity contribution in [2.75, 3.05) is 0 Å². The molecule has 1 atom stereocenters. The molecular formula is C9H10FIO3S. The summed E-state index contributed by atoms with van der Waals surface area (Å²) in [5, 5.41) is -0.923. The first-order valence-electron chi connectivity index (χ1n) is 4.21. The molecule has 1 N–H and O–H groups in total. The van der Waals surface area contributed by atoms with Crippen LogP contribution in [0, 0.1) is 9.39 Å². The van der Waals surface area contributed by atoms with Gasteiger partial charge in [0.2, 0.25) is 0 Å². The molecule has 0 spiro atoms. The summed E-state index contributed by atoms with van der Waals surface area (Å²) in [5.41, 5.74) is 0.584. The van der Waals surface area contributed by atoms with E-state index in [1.54, 1.807) is 6.07 Å². The fourth-order valence-corrected chi connectivity index (χ4v) is 2.06. The van der Waals surface area contributed by atoms with Gasteiger partial charge in [0.15, 0.2) is 0 Å². The fraction of sp³-hybridized carbons (Fsp3) is 0.333. The van der Waals surface area contributed by atoms with Gasteiger partial charge in [-0.25, -0.2) is 4.39 Å². The highest BCUT2D eigenvalue weighted by Gasteiger charge is 2.18. The van der Waals surface area contributed by atoms with Gasteiger partial charge in [0.1, 0.15) is 5.82 Å². The molecule has 0 amide bonds. The Bertz CT molecular complexity index is 458. The number of benzene rings is 1. The highest BCUT2D eigenvalue weighted by molar-refractivity contribution is 14.1. The van der Waals surface area contributed by atoms with E-state index in [1.807, 2.05) is 22.6 Å². The molecule has 0 saturated heterocycles. The fourth-order valence-electron chi connectivity index (χ4n) is 1.11. The van der Waals surface area contributed by atoms with Crippen LogP contribution in [0.4, 0.5) is 4.39 Å². The molecule has 3 nitrogen and oxygen atoms in total. The summed E-state index contributed by atoms with van der Waals surface area (Å²) in [6, 6.07) is 4.16. The summed E-state index contributed by atoms with van der Waals surface area (Å²) in [5.74, 6) is -0.409. The summed E-state index contributed by atoms with van der Waals surface area (Å²) in [6.07, 6.45) is 0.106. The van der Waals surface area contributed by atoms with Crippen molar-refractivity contribution in [2.45, 2.75) is 18.6 Å². The second-order valence-electron chi connectivity index (χ2n) is 3.27. The average molecular weight is 344 g/mol. The number of rotatable bonds is 3. The molecule has 0 saturated carbocycles. The Balaban J connectivity index is 2.95. The highest BCUT2D eigenvalue weighted by atomic mass is 127. The van der Waals surface area contributed by atoms with Crippen LogP contribution in [0.3, 0.4) is 0 Å². The molecule has 0 unspecified atom stereocenters. The van der Waals surface area contributed by atoms with Crippen LogP contribution in [0.25, 0.3) is 0 Å². The van der Waals surface area contributed by atoms with Crippen molar-refractivity contribution in [1.29, 1.82) is 0 Å². The summed E-state index contributed by atoms with van der Waals surface area (Å²) >= 11 is 2.00. The highest BCUT2D eigenvalue weighted by Crippen LogP contribution is 2.17. The van der Waals surface area contributed by atoms with Gasteiger partial charge in [0.25, 0.3) is 10.1 Å². The molecule has 0 aromatic heterocycles. The third kappa shape index (κ3) is 3.69. The van der Waals surface area contributed by atoms with Crippen LogP contribution in [-0.4, -0.2) is 18.2 Å². The zero-order valence-corrected chi connectivity index (χ0v) is 10.9. The minimum atomic E-state index is -4.06. The number of hydrogen-bond acceptors (Lipinski definition) is 2. The van der Waals surface area contributed by atoms with Gasteiger partial charge in [-0.15, -0.1) is 0 Å². The van der Waals surface area contributed by atoms with Crippen molar-refractivity contribution in [3.63, 3.8) is 0 Å². The SMILES string of the molecule is C[C@@H](Cc1cc(F)ccc1I)S(=O)(=O)O. The van der Waals surface area contributed by atoms with E-state index in [0.717, 1.165) is 3.57 Å². The van der Waals surface area contributed by atoms with Gasteiger partial charge in [0.05, 0.1) is 5.25 Å². The molecule has 0 aliphatic rings. The van der Waals surface area contributed by atoms with E-state index in [2.05, 4.69) is 0 Å². The predicted octanol–water partition coefficient (Wildman–Crippen LogP) is 2.25. The Morgan fingerprint density at radius 2 is 2.13 bits per heavy atom. The Morgan fingerprint density at radius 1 is 1.53 bits per heavy atom. The molecule has 0 fully saturated rings. The molecule has 1 aromatic rings. The van der Waals surface area contributed by atoms with Crippen LogP contribution in [0.15, 0.2) is 18.2 Å². The van der Waals surface area contributed by atoms with Gasteiger partial charge in [-0.2, -0.15) is 8.42 Å². The molecule has 0 radical (unpaired) electrons. The molecular weight excluding hydrogens is 334 g/mol. The van der Waals surface area contributed by atoms with Gasteiger partial charge in [-0.1, -0.05) is 0 Å². The van der Waals surface area contributed by atoms with E-state index in [0.29, 0.717) is 5.56 Å². The topological polar surface area (TPSA) is 54.4 Å². The second-order valence-corrected chi connectivity index (χ2v) is 6.26. The Labute approximate surface area is 102 Å². The maximum atomic E-state index is 12.9. The van der Waals surface area contributed by atoms with Crippen molar-refractivity contribution < 1.29 is 17.4 Å². The number of hydrogen-bond donors (Lipinski definition) is 1. The molecule has 1 rings (SSSR count). The quantitative estimate of drug-likeness (QED) is 0.676. The largest absolute Gasteiger partial charge is 0.285 e. The van der Waals surface area contributed by atoms with Gasteiger partial charge in [-0.05, 0) is 59.7 Å². The van der Waals surface area contributed by atoms with E-state index in [9.17, 15) is 12.8 Å². The number of halogens is 2. The Hall–Kier alpha value is -0.210. The van der Waals surface area contributed by atoms with Crippen LogP contribution in [0.5, 0.6) is 0 Å². The van der Waals surface area contributed by atoms with Crippen molar-refractivity contribution in [2.24, 2.45) is 0 Å². The van der Waals surface area contributed by atoms with E-state index in [1.165, 1.54) is 19.1 Å². The zero-order valence-electron chi connectivity index (χ0n) is 7.94. The van der Waals surface area contributed by atoms with Crippen LogP contribution in [0.2, 0.25) is 0 Å². The lowest BCUT2D eigenvalue weighted by atomic mass is 10.1. The van der Waals surface area contributed by atoms with Gasteiger partial charge >= 0.3 is 0 Å². The summed E-state index contributed by atoms with van der Waals surface area (Å²) in [6.45, 7) is 1.39. The van der Waals surface area contributed by atoms with Gasteiger partial charge in [-0.3, -0.25) is 4.55 Å². The zero-order chi connectivity index (χ0) is 11.6. The van der Waals surface area contributed by atoms with Crippen LogP contribution in [0.1, 0.15) is 12.5 Å². The van der Waals surface area contributed by atoms with Gasteiger partial charge < -0.3 is 0 Å². The second kappa shape index (κ2) is 4.75. The lowest BCUT2D eigenvalue weighted by molar-refractivity contribution is 0.469. The molecule has 0 aliphatic carbocycles. The molecule has 84 valence electrons. The summed E-state index contributed by atoms with van der Waals surface area (Å²) in [4.78, 5) is 0. The standard InChI is InChI=1S/C9H10FIO3S/c1-6(15(12,13)14)4-7-5-8(10)2-3-9(7)11/h2-3,5-6H,4H2,1H3,(H,12,13,14)/t6-/m0/s1. The van der Waals surface area contributed by atoms with Crippen LogP contribution >= 0.6 is 22.6 Å². The molecule has 6 heteroatoms. The van der Waals surface area contributed by atoms with Gasteiger partial charge in [0, 0.05) is 3.57 Å². The average Bonchev–Trinajstić information content (AvgIpc) is 2.09. The maximum absolute atomic E-state index is 12.9. The molecule has 0 bridgehead atoms. The van der Waals surface area contributed by atoms with E-state index >= 15 is 0 Å². The van der Waals surface area contributed by atoms with E-state index in [4.69, 9.17) is 4.55 Å². The van der Waals surface area contributed by atoms with Crippen molar-refractivity contribution in [3.05, 3.63) is 33.1 Å². The minimum absolute atomic E-state index is 0.106. The van der Waals surface area contributed by atoms with Crippen LogP contribution in [-0.2, 0) is 16.5 Å². The molecule has 0 aliphatic heterocycles. The Morgan fingerprint density at radius 3 is 2.67 bits per heavy atom. The molecule has 15 heavy (non-hydrogen) atoms. The predicted molar refractivity (Wildman–Crippen MR) is 63.8 cm³/mol. The summed E-state index contributed by atoms with van der Waals surface area (Å²) < 4.78 is 44.0. The molecule has 1 aromatic carbocycles. The normalized spacial score (nSPS) is 13.9. The third-order valence-electron chi connectivity index (χ3n) is 2.02. The first kappa shape index (κ1) is 12.9. The third-order valence-corrected chi connectivity index (χ3v) is 4.26. The Kier molecular flexibility index (Phi) is 4.07. The maximum Gasteiger partial charge on any atom is 0.267 e. The first-order valence-corrected chi connectivity index (χ1v) is 6.79. The minimum Gasteiger partial charge on any atom is -0.285 e. The molecule has 0 heterocycles. The lowest BCUT2D eigenvalue weighted by Crippen LogP contribution is -2.19. The monoisotopic (exact) mass is 344 g/mol. The van der Waals surface area contributed by atoms with Crippen molar-refractivity contribution in [1.82, 2.24) is 0 Å². The first-order chi connectivity index (χ1) is 6.80. The van der Waals surface area contributed by atoms with E-state index < -0.39 is 21.2 Å².